The first kappa shape index (κ1) is 21.9. The van der Waals surface area contributed by atoms with Crippen LogP contribution in [0.3, 0.4) is 0 Å². The van der Waals surface area contributed by atoms with Crippen molar-refractivity contribution < 1.29 is 27.9 Å². The molecule has 2 bridgehead atoms. The molecule has 3 aliphatic carbocycles. The molecule has 1 aromatic carbocycles. The van der Waals surface area contributed by atoms with Crippen LogP contribution in [0.15, 0.2) is 34.9 Å². The van der Waals surface area contributed by atoms with Crippen LogP contribution in [0.25, 0.3) is 5.57 Å². The van der Waals surface area contributed by atoms with Crippen molar-refractivity contribution in [3.8, 4) is 5.75 Å². The van der Waals surface area contributed by atoms with E-state index in [1.807, 2.05) is 6.08 Å². The summed E-state index contributed by atoms with van der Waals surface area (Å²) < 4.78 is 29.8. The molecule has 174 valence electrons. The molecule has 4 aliphatic rings. The lowest BCUT2D eigenvalue weighted by atomic mass is 9.76. The molecule has 2 aromatic rings. The summed E-state index contributed by atoms with van der Waals surface area (Å²) in [4.78, 5) is 29.3. The highest BCUT2D eigenvalue weighted by Gasteiger charge is 2.57. The summed E-state index contributed by atoms with van der Waals surface area (Å²) in [5, 5.41) is 6.03. The standard InChI is InChI=1S/C23H23ClFN3O5/c24-16-2-1-15(7-17(16)25)32-12-20(29)27-18-10-23(8-14(18)9-23)28-21(30)19-11-26-22(33-19)13-3-5-31-6-4-13/h1-3,7,11,14,18H,4-6,8-10,12H2,(H,27,29)(H,28,30). The van der Waals surface area contributed by atoms with Crippen LogP contribution in [0.5, 0.6) is 5.75 Å². The average Bonchev–Trinajstić information content (AvgIpc) is 3.48. The number of carbonyl (C=O) groups excluding carboxylic acids is 2. The summed E-state index contributed by atoms with van der Waals surface area (Å²) in [6.45, 7) is 0.888. The molecule has 0 radical (unpaired) electrons. The minimum atomic E-state index is -0.604. The van der Waals surface area contributed by atoms with Crippen molar-refractivity contribution in [3.05, 3.63) is 53.0 Å². The molecule has 2 N–H and O–H groups in total. The van der Waals surface area contributed by atoms with E-state index in [-0.39, 0.29) is 46.5 Å². The van der Waals surface area contributed by atoms with Crippen LogP contribution < -0.4 is 15.4 Å². The molecule has 1 unspecified atom stereocenters. The van der Waals surface area contributed by atoms with Gasteiger partial charge in [0.1, 0.15) is 11.6 Å². The minimum absolute atomic E-state index is 0.00731. The Labute approximate surface area is 194 Å². The maximum atomic E-state index is 13.5. The lowest BCUT2D eigenvalue weighted by molar-refractivity contribution is -0.124. The van der Waals surface area contributed by atoms with Gasteiger partial charge in [0.2, 0.25) is 11.7 Å². The zero-order chi connectivity index (χ0) is 23.0. The number of aromatic nitrogens is 1. The van der Waals surface area contributed by atoms with E-state index in [4.69, 9.17) is 25.5 Å². The fourth-order valence-corrected chi connectivity index (χ4v) is 4.94. The van der Waals surface area contributed by atoms with Gasteiger partial charge < -0.3 is 24.5 Å². The SMILES string of the molecule is O=C(COc1ccc(Cl)c(F)c1)NC1CC2(NC(=O)c3cnc(C4=CCOCC4)o3)CC1C2. The third-order valence-corrected chi connectivity index (χ3v) is 6.75. The third kappa shape index (κ3) is 4.60. The van der Waals surface area contributed by atoms with Gasteiger partial charge in [-0.1, -0.05) is 17.7 Å². The van der Waals surface area contributed by atoms with E-state index < -0.39 is 5.82 Å². The van der Waals surface area contributed by atoms with Crippen molar-refractivity contribution >= 4 is 29.0 Å². The van der Waals surface area contributed by atoms with Gasteiger partial charge in [0.15, 0.2) is 6.61 Å². The van der Waals surface area contributed by atoms with E-state index in [0.717, 1.165) is 24.5 Å². The highest BCUT2D eigenvalue weighted by Crippen LogP contribution is 2.52. The van der Waals surface area contributed by atoms with Gasteiger partial charge in [-0.2, -0.15) is 0 Å². The maximum Gasteiger partial charge on any atom is 0.289 e. The van der Waals surface area contributed by atoms with Crippen molar-refractivity contribution in [2.75, 3.05) is 19.8 Å². The molecule has 6 rings (SSSR count). The van der Waals surface area contributed by atoms with E-state index in [9.17, 15) is 14.0 Å². The number of oxazole rings is 1. The van der Waals surface area contributed by atoms with Gasteiger partial charge in [-0.3, -0.25) is 9.59 Å². The number of benzene rings is 1. The largest absolute Gasteiger partial charge is 0.484 e. The predicted octanol–water partition coefficient (Wildman–Crippen LogP) is 3.12. The number of carbonyl (C=O) groups is 2. The van der Waals surface area contributed by atoms with Crippen LogP contribution in [0, 0.1) is 11.7 Å². The quantitative estimate of drug-likeness (QED) is 0.638. The summed E-state index contributed by atoms with van der Waals surface area (Å²) in [6.07, 6.45) is 6.26. The fraction of sp³-hybridized carbons (Fsp3) is 0.435. The number of rotatable bonds is 7. The number of fused-ring (bicyclic) bond motifs is 1. The van der Waals surface area contributed by atoms with Crippen molar-refractivity contribution in [2.24, 2.45) is 5.92 Å². The Balaban J connectivity index is 1.12. The molecule has 8 nitrogen and oxygen atoms in total. The number of ether oxygens (including phenoxy) is 2. The molecule has 1 atom stereocenters. The molecule has 0 saturated heterocycles. The number of halogens is 2. The number of hydrogen-bond acceptors (Lipinski definition) is 6. The van der Waals surface area contributed by atoms with Crippen molar-refractivity contribution in [1.29, 1.82) is 0 Å². The summed E-state index contributed by atoms with van der Waals surface area (Å²) in [7, 11) is 0. The lowest BCUT2D eigenvalue weighted by Gasteiger charge is -2.38. The molecule has 1 aliphatic heterocycles. The summed E-state index contributed by atoms with van der Waals surface area (Å²) in [6, 6.07) is 3.96. The zero-order valence-corrected chi connectivity index (χ0v) is 18.5. The second kappa shape index (κ2) is 8.79. The summed E-state index contributed by atoms with van der Waals surface area (Å²) >= 11 is 5.65. The van der Waals surface area contributed by atoms with Gasteiger partial charge in [-0.15, -0.1) is 0 Å². The maximum absolute atomic E-state index is 13.5. The van der Waals surface area contributed by atoms with Crippen LogP contribution in [-0.4, -0.2) is 48.2 Å². The van der Waals surface area contributed by atoms with E-state index in [0.29, 0.717) is 37.9 Å². The first-order chi connectivity index (χ1) is 15.9. The molecule has 0 spiro atoms. The Hall–Kier alpha value is -2.91. The predicted molar refractivity (Wildman–Crippen MR) is 116 cm³/mol. The van der Waals surface area contributed by atoms with Gasteiger partial charge in [-0.05, 0) is 37.3 Å². The second-order valence-corrected chi connectivity index (χ2v) is 9.14. The van der Waals surface area contributed by atoms with Gasteiger partial charge in [0.25, 0.3) is 11.8 Å². The van der Waals surface area contributed by atoms with E-state index >= 15 is 0 Å². The molecule has 3 saturated carbocycles. The molecule has 2 amide bonds. The first-order valence-corrected chi connectivity index (χ1v) is 11.2. The fourth-order valence-electron chi connectivity index (χ4n) is 4.82. The minimum Gasteiger partial charge on any atom is -0.484 e. The molecule has 3 fully saturated rings. The summed E-state index contributed by atoms with van der Waals surface area (Å²) in [5.41, 5.74) is 0.583. The van der Waals surface area contributed by atoms with Gasteiger partial charge in [0.05, 0.1) is 24.4 Å². The van der Waals surface area contributed by atoms with E-state index in [1.165, 1.54) is 18.3 Å². The van der Waals surface area contributed by atoms with Crippen LogP contribution in [-0.2, 0) is 9.53 Å². The van der Waals surface area contributed by atoms with Crippen LogP contribution >= 0.6 is 11.6 Å². The van der Waals surface area contributed by atoms with Crippen LogP contribution in [0.1, 0.15) is 42.1 Å². The Kier molecular flexibility index (Phi) is 5.84. The Bertz CT molecular complexity index is 1110. The monoisotopic (exact) mass is 475 g/mol. The molecular formula is C23H23ClFN3O5. The van der Waals surface area contributed by atoms with Gasteiger partial charge >= 0.3 is 0 Å². The lowest BCUT2D eigenvalue weighted by Crippen LogP contribution is -2.51. The van der Waals surface area contributed by atoms with Crippen molar-refractivity contribution in [2.45, 2.75) is 37.3 Å². The number of amides is 2. The van der Waals surface area contributed by atoms with Crippen molar-refractivity contribution in [1.82, 2.24) is 15.6 Å². The zero-order valence-electron chi connectivity index (χ0n) is 17.7. The van der Waals surface area contributed by atoms with Gasteiger partial charge in [0, 0.05) is 29.6 Å². The highest BCUT2D eigenvalue weighted by atomic mass is 35.5. The second-order valence-electron chi connectivity index (χ2n) is 8.73. The average molecular weight is 476 g/mol. The normalized spacial score (nSPS) is 25.7. The van der Waals surface area contributed by atoms with E-state index in [1.54, 1.807) is 0 Å². The Morgan fingerprint density at radius 3 is 2.91 bits per heavy atom. The number of nitrogens with one attached hydrogen (secondary N) is 2. The highest BCUT2D eigenvalue weighted by molar-refractivity contribution is 6.30. The Morgan fingerprint density at radius 1 is 1.30 bits per heavy atom. The smallest absolute Gasteiger partial charge is 0.289 e. The number of nitrogens with zero attached hydrogens (tertiary/aromatic N) is 1. The molecule has 10 heteroatoms. The summed E-state index contributed by atoms with van der Waals surface area (Å²) in [5.74, 6) is -0.0635. The van der Waals surface area contributed by atoms with Crippen LogP contribution in [0.4, 0.5) is 4.39 Å². The topological polar surface area (TPSA) is 103 Å². The Morgan fingerprint density at radius 2 is 2.15 bits per heavy atom. The first-order valence-electron chi connectivity index (χ1n) is 10.8. The molecule has 33 heavy (non-hydrogen) atoms. The van der Waals surface area contributed by atoms with Crippen LogP contribution in [0.2, 0.25) is 5.02 Å². The molecule has 2 heterocycles. The number of hydrogen-bond donors (Lipinski definition) is 2. The van der Waals surface area contributed by atoms with Gasteiger partial charge in [-0.25, -0.2) is 9.37 Å². The molecular weight excluding hydrogens is 453 g/mol. The third-order valence-electron chi connectivity index (χ3n) is 6.44. The van der Waals surface area contributed by atoms with Crippen molar-refractivity contribution in [3.63, 3.8) is 0 Å². The van der Waals surface area contributed by atoms with E-state index in [2.05, 4.69) is 15.6 Å². The molecule has 1 aromatic heterocycles.